The van der Waals surface area contributed by atoms with Crippen molar-refractivity contribution < 1.29 is 23.1 Å². The van der Waals surface area contributed by atoms with E-state index in [-0.39, 0.29) is 11.7 Å². The van der Waals surface area contributed by atoms with E-state index >= 15 is 0 Å². The molecule has 0 fully saturated rings. The number of halogens is 1. The number of carbonyl (C=O) groups excluding carboxylic acids is 2. The molecule has 0 bridgehead atoms. The third kappa shape index (κ3) is 5.60. The summed E-state index contributed by atoms with van der Waals surface area (Å²) in [5, 5.41) is 8.62. The zero-order chi connectivity index (χ0) is 23.2. The molecule has 2 heterocycles. The van der Waals surface area contributed by atoms with Crippen LogP contribution in [0.2, 0.25) is 0 Å². The fourth-order valence-electron chi connectivity index (χ4n) is 3.05. The van der Waals surface area contributed by atoms with Crippen molar-refractivity contribution in [3.05, 3.63) is 98.9 Å². The molecule has 0 aliphatic heterocycles. The van der Waals surface area contributed by atoms with Gasteiger partial charge < -0.3 is 14.5 Å². The van der Waals surface area contributed by atoms with E-state index in [0.717, 1.165) is 9.56 Å². The molecule has 0 radical (unpaired) electrons. The molecule has 4 rings (SSSR count). The van der Waals surface area contributed by atoms with Crippen molar-refractivity contribution in [2.24, 2.45) is 0 Å². The van der Waals surface area contributed by atoms with Gasteiger partial charge >= 0.3 is 11.7 Å². The van der Waals surface area contributed by atoms with Crippen LogP contribution in [0, 0.1) is 5.82 Å². The van der Waals surface area contributed by atoms with E-state index < -0.39 is 36.8 Å². The highest BCUT2D eigenvalue weighted by molar-refractivity contribution is 7.10. The summed E-state index contributed by atoms with van der Waals surface area (Å²) in [6.07, 6.45) is 0. The van der Waals surface area contributed by atoms with Gasteiger partial charge in [-0.15, -0.1) is 16.4 Å². The van der Waals surface area contributed by atoms with Crippen molar-refractivity contribution in [2.75, 3.05) is 6.61 Å². The number of esters is 1. The van der Waals surface area contributed by atoms with E-state index in [2.05, 4.69) is 10.4 Å². The zero-order valence-electron chi connectivity index (χ0n) is 17.1. The Balaban J connectivity index is 1.36. The van der Waals surface area contributed by atoms with E-state index in [1.807, 2.05) is 17.5 Å². The van der Waals surface area contributed by atoms with Crippen LogP contribution < -0.4 is 11.1 Å². The van der Waals surface area contributed by atoms with E-state index in [0.29, 0.717) is 11.1 Å². The molecule has 0 aliphatic rings. The largest absolute Gasteiger partial charge is 0.454 e. The van der Waals surface area contributed by atoms with Crippen LogP contribution in [0.1, 0.15) is 16.5 Å². The molecule has 0 saturated heterocycles. The number of hydrogen-bond donors (Lipinski definition) is 1. The molecular weight excluding hydrogens is 449 g/mol. The predicted octanol–water partition coefficient (Wildman–Crippen LogP) is 3.15. The standard InChI is InChI=1S/C23H18FN3O5S/c24-17-10-8-15(9-11-17)21(18-7-4-12-33-18)25-19(28)14-31-20(29)13-27-23(30)32-22(26-27)16-5-2-1-3-6-16/h1-12,21H,13-14H2,(H,25,28). The lowest BCUT2D eigenvalue weighted by Crippen LogP contribution is -2.33. The number of ether oxygens (including phenoxy) is 1. The van der Waals surface area contributed by atoms with E-state index in [1.165, 1.54) is 23.5 Å². The summed E-state index contributed by atoms with van der Waals surface area (Å²) in [7, 11) is 0. The van der Waals surface area contributed by atoms with Crippen molar-refractivity contribution in [1.29, 1.82) is 0 Å². The maximum Gasteiger partial charge on any atom is 0.437 e. The van der Waals surface area contributed by atoms with Crippen molar-refractivity contribution in [3.63, 3.8) is 0 Å². The molecule has 2 aromatic carbocycles. The molecule has 0 saturated carbocycles. The maximum absolute atomic E-state index is 13.3. The average molecular weight is 467 g/mol. The molecule has 8 nitrogen and oxygen atoms in total. The van der Waals surface area contributed by atoms with Crippen LogP contribution in [0.5, 0.6) is 0 Å². The highest BCUT2D eigenvalue weighted by atomic mass is 32.1. The van der Waals surface area contributed by atoms with Gasteiger partial charge in [0.1, 0.15) is 12.4 Å². The van der Waals surface area contributed by atoms with Crippen LogP contribution in [-0.4, -0.2) is 28.3 Å². The third-order valence-electron chi connectivity index (χ3n) is 4.61. The molecule has 1 unspecified atom stereocenters. The fourth-order valence-corrected chi connectivity index (χ4v) is 3.85. The summed E-state index contributed by atoms with van der Waals surface area (Å²) in [5.74, 6) is -2.51. The molecule has 1 amide bonds. The Labute approximate surface area is 191 Å². The zero-order valence-corrected chi connectivity index (χ0v) is 18.0. The monoisotopic (exact) mass is 467 g/mol. The number of rotatable bonds is 8. The van der Waals surface area contributed by atoms with Gasteiger partial charge in [-0.1, -0.05) is 36.4 Å². The van der Waals surface area contributed by atoms with Gasteiger partial charge in [0, 0.05) is 10.4 Å². The first kappa shape index (κ1) is 22.2. The number of nitrogens with one attached hydrogen (secondary N) is 1. The Morgan fingerprint density at radius 1 is 1.09 bits per heavy atom. The van der Waals surface area contributed by atoms with Gasteiger partial charge in [-0.05, 0) is 41.3 Å². The van der Waals surface area contributed by atoms with Crippen LogP contribution in [0.4, 0.5) is 4.39 Å². The number of carbonyl (C=O) groups is 2. The number of amides is 1. The van der Waals surface area contributed by atoms with Crippen LogP contribution in [0.3, 0.4) is 0 Å². The van der Waals surface area contributed by atoms with Gasteiger partial charge in [-0.3, -0.25) is 9.59 Å². The normalized spacial score (nSPS) is 11.7. The quantitative estimate of drug-likeness (QED) is 0.400. The van der Waals surface area contributed by atoms with Gasteiger partial charge in [0.05, 0.1) is 6.04 Å². The molecule has 4 aromatic rings. The summed E-state index contributed by atoms with van der Waals surface area (Å²) in [4.78, 5) is 37.4. The van der Waals surface area contributed by atoms with Crippen molar-refractivity contribution >= 4 is 23.2 Å². The third-order valence-corrected chi connectivity index (χ3v) is 5.54. The second-order valence-electron chi connectivity index (χ2n) is 6.92. The number of aromatic nitrogens is 2. The molecule has 2 aromatic heterocycles. The molecule has 0 aliphatic carbocycles. The van der Waals surface area contributed by atoms with Gasteiger partial charge in [-0.25, -0.2) is 9.18 Å². The topological polar surface area (TPSA) is 103 Å². The molecule has 0 spiro atoms. The summed E-state index contributed by atoms with van der Waals surface area (Å²) in [5.41, 5.74) is 1.27. The summed E-state index contributed by atoms with van der Waals surface area (Å²) in [6, 6.07) is 17.7. The number of hydrogen-bond acceptors (Lipinski definition) is 7. The minimum atomic E-state index is -0.824. The molecular formula is C23H18FN3O5S. The first-order valence-corrected chi connectivity index (χ1v) is 10.7. The molecule has 1 atom stereocenters. The second-order valence-corrected chi connectivity index (χ2v) is 7.90. The molecule has 168 valence electrons. The van der Waals surface area contributed by atoms with Crippen LogP contribution in [0.25, 0.3) is 11.5 Å². The SMILES string of the molecule is O=C(COC(=O)Cn1nc(-c2ccccc2)oc1=O)NC(c1ccc(F)cc1)c1cccs1. The van der Waals surface area contributed by atoms with Gasteiger partial charge in [-0.2, -0.15) is 4.68 Å². The van der Waals surface area contributed by atoms with E-state index in [9.17, 15) is 18.8 Å². The Morgan fingerprint density at radius 3 is 2.55 bits per heavy atom. The fraction of sp³-hybridized carbons (Fsp3) is 0.130. The van der Waals surface area contributed by atoms with Gasteiger partial charge in [0.15, 0.2) is 6.61 Å². The summed E-state index contributed by atoms with van der Waals surface area (Å²) < 4.78 is 24.2. The maximum atomic E-state index is 13.3. The van der Waals surface area contributed by atoms with Crippen LogP contribution in [-0.2, 0) is 20.9 Å². The van der Waals surface area contributed by atoms with Gasteiger partial charge in [0.2, 0.25) is 5.89 Å². The Kier molecular flexibility index (Phi) is 6.75. The summed E-state index contributed by atoms with van der Waals surface area (Å²) >= 11 is 1.43. The van der Waals surface area contributed by atoms with E-state index in [4.69, 9.17) is 9.15 Å². The highest BCUT2D eigenvalue weighted by Gasteiger charge is 2.20. The number of benzene rings is 2. The Morgan fingerprint density at radius 2 is 1.85 bits per heavy atom. The lowest BCUT2D eigenvalue weighted by molar-refractivity contribution is -0.149. The second kappa shape index (κ2) is 10.0. The number of thiophene rings is 1. The first-order chi connectivity index (χ1) is 16.0. The Bertz CT molecular complexity index is 1280. The van der Waals surface area contributed by atoms with Crippen molar-refractivity contribution in [1.82, 2.24) is 15.1 Å². The minimum absolute atomic E-state index is 0.0734. The highest BCUT2D eigenvalue weighted by Crippen LogP contribution is 2.26. The lowest BCUT2D eigenvalue weighted by atomic mass is 10.1. The van der Waals surface area contributed by atoms with Crippen molar-refractivity contribution in [2.45, 2.75) is 12.6 Å². The molecule has 1 N–H and O–H groups in total. The summed E-state index contributed by atoms with van der Waals surface area (Å²) in [6.45, 7) is -1.06. The number of nitrogens with zero attached hydrogens (tertiary/aromatic N) is 2. The molecule has 10 heteroatoms. The van der Waals surface area contributed by atoms with Gasteiger partial charge in [0.25, 0.3) is 5.91 Å². The molecule has 33 heavy (non-hydrogen) atoms. The van der Waals surface area contributed by atoms with E-state index in [1.54, 1.807) is 42.5 Å². The first-order valence-electron chi connectivity index (χ1n) is 9.87. The van der Waals surface area contributed by atoms with Crippen LogP contribution in [0.15, 0.2) is 81.3 Å². The lowest BCUT2D eigenvalue weighted by Gasteiger charge is -2.18. The predicted molar refractivity (Wildman–Crippen MR) is 118 cm³/mol. The smallest absolute Gasteiger partial charge is 0.437 e. The Hall–Kier alpha value is -4.05. The van der Waals surface area contributed by atoms with Crippen molar-refractivity contribution in [3.8, 4) is 11.5 Å². The minimum Gasteiger partial charge on any atom is -0.454 e. The van der Waals surface area contributed by atoms with Crippen LogP contribution >= 0.6 is 11.3 Å². The average Bonchev–Trinajstić information content (AvgIpc) is 3.48.